The Labute approximate surface area is 105 Å². The number of rotatable bonds is 3. The van der Waals surface area contributed by atoms with Crippen molar-refractivity contribution < 1.29 is 4.42 Å². The lowest BCUT2D eigenvalue weighted by Crippen LogP contribution is -1.92. The van der Waals surface area contributed by atoms with Crippen LogP contribution in [0, 0.1) is 0 Å². The molecule has 0 spiro atoms. The maximum absolute atomic E-state index is 11.0. The highest BCUT2D eigenvalue weighted by Gasteiger charge is 2.04. The fourth-order valence-corrected chi connectivity index (χ4v) is 2.32. The number of aromatic amines is 1. The highest BCUT2D eigenvalue weighted by atomic mass is 32.1. The van der Waals surface area contributed by atoms with Gasteiger partial charge in [0.2, 0.25) is 0 Å². The summed E-state index contributed by atoms with van der Waals surface area (Å²) in [6.45, 7) is 0.477. The van der Waals surface area contributed by atoms with Gasteiger partial charge in [0.1, 0.15) is 0 Å². The monoisotopic (exact) mass is 262 g/mol. The molecule has 0 amide bonds. The SMILES string of the molecule is NCc1cnc(Nc2ccc3[nH]c(=O)oc3c2)s1. The summed E-state index contributed by atoms with van der Waals surface area (Å²) in [5, 5.41) is 3.89. The zero-order valence-electron chi connectivity index (χ0n) is 9.27. The molecule has 0 aliphatic carbocycles. The van der Waals surface area contributed by atoms with E-state index in [1.54, 1.807) is 18.3 Å². The molecule has 0 saturated heterocycles. The first-order valence-electron chi connectivity index (χ1n) is 5.29. The Bertz CT molecular complexity index is 743. The van der Waals surface area contributed by atoms with Crippen LogP contribution in [0.2, 0.25) is 0 Å². The minimum Gasteiger partial charge on any atom is -0.408 e. The van der Waals surface area contributed by atoms with Gasteiger partial charge >= 0.3 is 5.76 Å². The Kier molecular flexibility index (Phi) is 2.62. The molecule has 6 nitrogen and oxygen atoms in total. The van der Waals surface area contributed by atoms with Crippen LogP contribution in [0.5, 0.6) is 0 Å². The molecular formula is C11H10N4O2S. The second-order valence-corrected chi connectivity index (χ2v) is 4.80. The Morgan fingerprint density at radius 3 is 3.17 bits per heavy atom. The number of oxazole rings is 1. The number of benzene rings is 1. The first-order chi connectivity index (χ1) is 8.74. The lowest BCUT2D eigenvalue weighted by Gasteiger charge is -2.01. The number of nitrogens with one attached hydrogen (secondary N) is 2. The van der Waals surface area contributed by atoms with E-state index in [4.69, 9.17) is 10.2 Å². The molecule has 2 aromatic heterocycles. The van der Waals surface area contributed by atoms with Crippen LogP contribution in [0.4, 0.5) is 10.8 Å². The van der Waals surface area contributed by atoms with Gasteiger partial charge in [0.05, 0.1) is 5.52 Å². The van der Waals surface area contributed by atoms with Crippen molar-refractivity contribution in [2.45, 2.75) is 6.54 Å². The molecule has 0 atom stereocenters. The molecule has 4 N–H and O–H groups in total. The topological polar surface area (TPSA) is 96.9 Å². The summed E-state index contributed by atoms with van der Waals surface area (Å²) in [5.74, 6) is -0.457. The zero-order chi connectivity index (χ0) is 12.5. The van der Waals surface area contributed by atoms with Gasteiger partial charge in [-0.1, -0.05) is 0 Å². The third-order valence-corrected chi connectivity index (χ3v) is 3.36. The highest BCUT2D eigenvalue weighted by molar-refractivity contribution is 7.15. The van der Waals surface area contributed by atoms with Gasteiger partial charge in [0.15, 0.2) is 10.7 Å². The Morgan fingerprint density at radius 2 is 2.39 bits per heavy atom. The number of nitrogens with zero attached hydrogens (tertiary/aromatic N) is 1. The van der Waals surface area contributed by atoms with Crippen molar-refractivity contribution in [2.24, 2.45) is 5.73 Å². The van der Waals surface area contributed by atoms with Gasteiger partial charge < -0.3 is 15.5 Å². The van der Waals surface area contributed by atoms with E-state index in [0.29, 0.717) is 17.6 Å². The maximum atomic E-state index is 11.0. The van der Waals surface area contributed by atoms with Crippen LogP contribution in [0.15, 0.2) is 33.6 Å². The van der Waals surface area contributed by atoms with Crippen LogP contribution in [0.25, 0.3) is 11.1 Å². The number of anilines is 2. The molecular weight excluding hydrogens is 252 g/mol. The number of hydrogen-bond donors (Lipinski definition) is 3. The molecule has 2 heterocycles. The fourth-order valence-electron chi connectivity index (χ4n) is 1.61. The third kappa shape index (κ3) is 2.01. The van der Waals surface area contributed by atoms with Crippen LogP contribution >= 0.6 is 11.3 Å². The van der Waals surface area contributed by atoms with Crippen LogP contribution in [0.1, 0.15) is 4.88 Å². The zero-order valence-corrected chi connectivity index (χ0v) is 10.1. The van der Waals surface area contributed by atoms with E-state index < -0.39 is 5.76 Å². The van der Waals surface area contributed by atoms with Crippen molar-refractivity contribution in [2.75, 3.05) is 5.32 Å². The van der Waals surface area contributed by atoms with Crippen LogP contribution in [-0.2, 0) is 6.54 Å². The quantitative estimate of drug-likeness (QED) is 0.668. The molecule has 0 unspecified atom stereocenters. The molecule has 0 aliphatic heterocycles. The molecule has 0 bridgehead atoms. The summed E-state index contributed by atoms with van der Waals surface area (Å²) >= 11 is 1.49. The molecule has 1 aromatic carbocycles. The summed E-state index contributed by atoms with van der Waals surface area (Å²) in [6, 6.07) is 5.37. The third-order valence-electron chi connectivity index (χ3n) is 2.43. The number of H-pyrrole nitrogens is 1. The van der Waals surface area contributed by atoms with Gasteiger partial charge in [-0.3, -0.25) is 4.98 Å². The first-order valence-corrected chi connectivity index (χ1v) is 6.11. The smallest absolute Gasteiger partial charge is 0.408 e. The van der Waals surface area contributed by atoms with E-state index in [9.17, 15) is 4.79 Å². The van der Waals surface area contributed by atoms with Gasteiger partial charge in [-0.15, -0.1) is 11.3 Å². The molecule has 3 rings (SSSR count). The normalized spacial score (nSPS) is 10.9. The average Bonchev–Trinajstić information content (AvgIpc) is 2.94. The van der Waals surface area contributed by atoms with Crippen molar-refractivity contribution >= 4 is 33.3 Å². The Hall–Kier alpha value is -2.12. The molecule has 3 aromatic rings. The molecule has 0 saturated carbocycles. The molecule has 0 radical (unpaired) electrons. The summed E-state index contributed by atoms with van der Waals surface area (Å²) in [6.07, 6.45) is 1.74. The fraction of sp³-hybridized carbons (Fsp3) is 0.0909. The highest BCUT2D eigenvalue weighted by Crippen LogP contribution is 2.24. The minimum absolute atomic E-state index is 0.457. The van der Waals surface area contributed by atoms with Gasteiger partial charge in [0.25, 0.3) is 0 Å². The lowest BCUT2D eigenvalue weighted by molar-refractivity contribution is 0.555. The molecule has 0 fully saturated rings. The second kappa shape index (κ2) is 4.28. The van der Waals surface area contributed by atoms with Crippen molar-refractivity contribution in [3.8, 4) is 0 Å². The van der Waals surface area contributed by atoms with E-state index in [-0.39, 0.29) is 0 Å². The lowest BCUT2D eigenvalue weighted by atomic mass is 10.3. The van der Waals surface area contributed by atoms with Gasteiger partial charge in [-0.25, -0.2) is 9.78 Å². The summed E-state index contributed by atoms with van der Waals surface area (Å²) in [4.78, 5) is 18.8. The van der Waals surface area contributed by atoms with E-state index >= 15 is 0 Å². The van der Waals surface area contributed by atoms with Gasteiger partial charge in [0, 0.05) is 29.4 Å². The van der Waals surface area contributed by atoms with E-state index in [2.05, 4.69) is 15.3 Å². The van der Waals surface area contributed by atoms with Crippen molar-refractivity contribution in [1.29, 1.82) is 0 Å². The molecule has 7 heteroatoms. The van der Waals surface area contributed by atoms with E-state index in [1.165, 1.54) is 11.3 Å². The summed E-state index contributed by atoms with van der Waals surface area (Å²) in [5.41, 5.74) is 7.52. The van der Waals surface area contributed by atoms with Crippen LogP contribution in [-0.4, -0.2) is 9.97 Å². The largest absolute Gasteiger partial charge is 0.417 e. The number of aromatic nitrogens is 2. The van der Waals surface area contributed by atoms with Crippen molar-refractivity contribution in [1.82, 2.24) is 9.97 Å². The van der Waals surface area contributed by atoms with Gasteiger partial charge in [-0.05, 0) is 12.1 Å². The predicted octanol–water partition coefficient (Wildman–Crippen LogP) is 1.78. The standard InChI is InChI=1S/C11H10N4O2S/c12-4-7-5-13-10(18-7)14-6-1-2-8-9(3-6)17-11(16)15-8/h1-3,5H,4,12H2,(H,13,14)(H,15,16). The second-order valence-electron chi connectivity index (χ2n) is 3.69. The van der Waals surface area contributed by atoms with Crippen LogP contribution in [0.3, 0.4) is 0 Å². The van der Waals surface area contributed by atoms with E-state index in [0.717, 1.165) is 15.7 Å². The van der Waals surface area contributed by atoms with Crippen molar-refractivity contribution in [3.63, 3.8) is 0 Å². The first kappa shape index (κ1) is 11.0. The predicted molar refractivity (Wildman–Crippen MR) is 70.1 cm³/mol. The Balaban J connectivity index is 1.91. The maximum Gasteiger partial charge on any atom is 0.417 e. The Morgan fingerprint density at radius 1 is 1.50 bits per heavy atom. The number of thiazole rings is 1. The summed E-state index contributed by atoms with van der Waals surface area (Å²) in [7, 11) is 0. The number of fused-ring (bicyclic) bond motifs is 1. The number of nitrogens with two attached hydrogens (primary N) is 1. The summed E-state index contributed by atoms with van der Waals surface area (Å²) < 4.78 is 4.98. The molecule has 18 heavy (non-hydrogen) atoms. The number of hydrogen-bond acceptors (Lipinski definition) is 6. The molecule has 92 valence electrons. The van der Waals surface area contributed by atoms with E-state index in [1.807, 2.05) is 6.07 Å². The van der Waals surface area contributed by atoms with Crippen LogP contribution < -0.4 is 16.8 Å². The van der Waals surface area contributed by atoms with Crippen molar-refractivity contribution in [3.05, 3.63) is 39.8 Å². The average molecular weight is 262 g/mol. The molecule has 0 aliphatic rings. The minimum atomic E-state index is -0.457. The van der Waals surface area contributed by atoms with Gasteiger partial charge in [-0.2, -0.15) is 0 Å².